The van der Waals surface area contributed by atoms with Gasteiger partial charge < -0.3 is 4.90 Å². The molecule has 0 aliphatic carbocycles. The molecule has 2 rings (SSSR count). The maximum absolute atomic E-state index is 11.9. The molecular weight excluding hydrogens is 268 g/mol. The van der Waals surface area contributed by atoms with Crippen molar-refractivity contribution in [2.45, 2.75) is 5.38 Å². The van der Waals surface area contributed by atoms with Gasteiger partial charge in [-0.25, -0.2) is 0 Å². The number of benzene rings is 1. The third-order valence-electron chi connectivity index (χ3n) is 2.65. The SMILES string of the molecule is O=C1C(Cl)C(CCl)CN1c1cccc(Cl)c1. The first-order chi connectivity index (χ1) is 7.63. The summed E-state index contributed by atoms with van der Waals surface area (Å²) in [6.45, 7) is 0.552. The summed E-state index contributed by atoms with van der Waals surface area (Å²) in [6, 6.07) is 7.16. The highest BCUT2D eigenvalue weighted by atomic mass is 35.5. The van der Waals surface area contributed by atoms with E-state index in [0.717, 1.165) is 5.69 Å². The number of nitrogens with zero attached hydrogens (tertiary/aromatic N) is 1. The highest BCUT2D eigenvalue weighted by Crippen LogP contribution is 2.30. The summed E-state index contributed by atoms with van der Waals surface area (Å²) in [7, 11) is 0. The minimum absolute atomic E-state index is 0.00480. The quantitative estimate of drug-likeness (QED) is 0.761. The molecule has 1 heterocycles. The number of anilines is 1. The molecule has 1 aromatic carbocycles. The van der Waals surface area contributed by atoms with Crippen LogP contribution < -0.4 is 4.90 Å². The molecule has 0 spiro atoms. The van der Waals surface area contributed by atoms with E-state index >= 15 is 0 Å². The van der Waals surface area contributed by atoms with Gasteiger partial charge in [0.15, 0.2) is 0 Å². The molecule has 16 heavy (non-hydrogen) atoms. The van der Waals surface area contributed by atoms with E-state index in [1.54, 1.807) is 17.0 Å². The highest BCUT2D eigenvalue weighted by Gasteiger charge is 2.39. The lowest BCUT2D eigenvalue weighted by atomic mass is 10.1. The van der Waals surface area contributed by atoms with Crippen molar-refractivity contribution in [3.8, 4) is 0 Å². The molecule has 0 radical (unpaired) electrons. The van der Waals surface area contributed by atoms with Gasteiger partial charge in [-0.1, -0.05) is 17.7 Å². The molecule has 1 aliphatic heterocycles. The van der Waals surface area contributed by atoms with E-state index < -0.39 is 5.38 Å². The maximum Gasteiger partial charge on any atom is 0.245 e. The second-order valence-electron chi connectivity index (χ2n) is 3.74. The number of carbonyl (C=O) groups excluding carboxylic acids is 1. The van der Waals surface area contributed by atoms with Crippen LogP contribution in [0.3, 0.4) is 0 Å². The van der Waals surface area contributed by atoms with E-state index in [-0.39, 0.29) is 11.8 Å². The van der Waals surface area contributed by atoms with Crippen molar-refractivity contribution < 1.29 is 4.79 Å². The maximum atomic E-state index is 11.9. The number of rotatable bonds is 2. The lowest BCUT2D eigenvalue weighted by molar-refractivity contribution is -0.117. The lowest BCUT2D eigenvalue weighted by Gasteiger charge is -2.16. The van der Waals surface area contributed by atoms with E-state index in [4.69, 9.17) is 34.8 Å². The van der Waals surface area contributed by atoms with Crippen LogP contribution in [0.25, 0.3) is 0 Å². The Balaban J connectivity index is 2.26. The Bertz CT molecular complexity index is 410. The summed E-state index contributed by atoms with van der Waals surface area (Å²) in [5.74, 6) is 0.279. The molecule has 2 atom stereocenters. The summed E-state index contributed by atoms with van der Waals surface area (Å²) >= 11 is 17.6. The van der Waals surface area contributed by atoms with Gasteiger partial charge in [0.05, 0.1) is 0 Å². The van der Waals surface area contributed by atoms with Crippen LogP contribution in [0, 0.1) is 5.92 Å². The lowest BCUT2D eigenvalue weighted by Crippen LogP contribution is -2.27. The predicted octanol–water partition coefficient (Wildman–Crippen LogP) is 3.15. The molecule has 1 saturated heterocycles. The third kappa shape index (κ3) is 2.15. The van der Waals surface area contributed by atoms with Crippen LogP contribution in [-0.4, -0.2) is 23.7 Å². The zero-order valence-electron chi connectivity index (χ0n) is 8.37. The summed E-state index contributed by atoms with van der Waals surface area (Å²) < 4.78 is 0. The van der Waals surface area contributed by atoms with Crippen molar-refractivity contribution in [3.05, 3.63) is 29.3 Å². The predicted molar refractivity (Wildman–Crippen MR) is 67.7 cm³/mol. The molecule has 2 nitrogen and oxygen atoms in total. The minimum Gasteiger partial charge on any atom is -0.311 e. The standard InChI is InChI=1S/C11H10Cl3NO/c12-5-7-6-15(11(16)10(7)14)9-3-1-2-8(13)4-9/h1-4,7,10H,5-6H2. The normalized spacial score (nSPS) is 25.2. The van der Waals surface area contributed by atoms with E-state index in [1.807, 2.05) is 12.1 Å². The van der Waals surface area contributed by atoms with Crippen LogP contribution in [-0.2, 0) is 4.79 Å². The molecule has 86 valence electrons. The Hall–Kier alpha value is -0.440. The first-order valence-electron chi connectivity index (χ1n) is 4.90. The van der Waals surface area contributed by atoms with Crippen LogP contribution in [0.2, 0.25) is 5.02 Å². The molecule has 0 bridgehead atoms. The molecule has 0 aromatic heterocycles. The van der Waals surface area contributed by atoms with Gasteiger partial charge in [-0.15, -0.1) is 23.2 Å². The fourth-order valence-electron chi connectivity index (χ4n) is 1.77. The van der Waals surface area contributed by atoms with Gasteiger partial charge in [-0.2, -0.15) is 0 Å². The number of hydrogen-bond acceptors (Lipinski definition) is 1. The molecule has 0 N–H and O–H groups in total. The van der Waals surface area contributed by atoms with Gasteiger partial charge in [0.1, 0.15) is 5.38 Å². The first-order valence-corrected chi connectivity index (χ1v) is 6.25. The van der Waals surface area contributed by atoms with Gasteiger partial charge in [0.2, 0.25) is 5.91 Å². The third-order valence-corrected chi connectivity index (χ3v) is 3.83. The Labute approximate surface area is 109 Å². The summed E-state index contributed by atoms with van der Waals surface area (Å²) in [5, 5.41) is 0.0715. The Morgan fingerprint density at radius 3 is 2.75 bits per heavy atom. The summed E-state index contributed by atoms with van der Waals surface area (Å²) in [5.41, 5.74) is 0.774. The van der Waals surface area contributed by atoms with E-state index in [0.29, 0.717) is 17.4 Å². The number of hydrogen-bond donors (Lipinski definition) is 0. The molecule has 2 unspecified atom stereocenters. The average molecular weight is 279 g/mol. The molecule has 1 amide bonds. The molecule has 1 aromatic rings. The number of carbonyl (C=O) groups is 1. The largest absolute Gasteiger partial charge is 0.311 e. The molecule has 5 heteroatoms. The van der Waals surface area contributed by atoms with Crippen molar-refractivity contribution >= 4 is 46.4 Å². The van der Waals surface area contributed by atoms with E-state index in [9.17, 15) is 4.79 Å². The number of halogens is 3. The molecular formula is C11H10Cl3NO. The van der Waals surface area contributed by atoms with Crippen LogP contribution in [0.1, 0.15) is 0 Å². The fourth-order valence-corrected chi connectivity index (χ4v) is 2.61. The zero-order chi connectivity index (χ0) is 11.7. The van der Waals surface area contributed by atoms with Gasteiger partial charge in [-0.3, -0.25) is 4.79 Å². The second-order valence-corrected chi connectivity index (χ2v) is 4.96. The fraction of sp³-hybridized carbons (Fsp3) is 0.364. The van der Waals surface area contributed by atoms with Crippen LogP contribution >= 0.6 is 34.8 Å². The second kappa shape index (κ2) is 4.82. The van der Waals surface area contributed by atoms with Gasteiger partial charge in [0.25, 0.3) is 0 Å². The average Bonchev–Trinajstić information content (AvgIpc) is 2.56. The van der Waals surface area contributed by atoms with Crippen molar-refractivity contribution in [2.24, 2.45) is 5.92 Å². The van der Waals surface area contributed by atoms with Crippen LogP contribution in [0.15, 0.2) is 24.3 Å². The topological polar surface area (TPSA) is 20.3 Å². The van der Waals surface area contributed by atoms with E-state index in [2.05, 4.69) is 0 Å². The Morgan fingerprint density at radius 1 is 1.44 bits per heavy atom. The van der Waals surface area contributed by atoms with Crippen molar-refractivity contribution in [2.75, 3.05) is 17.3 Å². The van der Waals surface area contributed by atoms with E-state index in [1.165, 1.54) is 0 Å². The van der Waals surface area contributed by atoms with Gasteiger partial charge >= 0.3 is 0 Å². The Morgan fingerprint density at radius 2 is 2.19 bits per heavy atom. The summed E-state index contributed by atoms with van der Waals surface area (Å²) in [6.07, 6.45) is 0. The monoisotopic (exact) mass is 277 g/mol. The van der Waals surface area contributed by atoms with Crippen molar-refractivity contribution in [1.82, 2.24) is 0 Å². The minimum atomic E-state index is -0.531. The van der Waals surface area contributed by atoms with Crippen LogP contribution in [0.5, 0.6) is 0 Å². The van der Waals surface area contributed by atoms with Gasteiger partial charge in [0, 0.05) is 29.1 Å². The van der Waals surface area contributed by atoms with Crippen molar-refractivity contribution in [3.63, 3.8) is 0 Å². The summed E-state index contributed by atoms with van der Waals surface area (Å²) in [4.78, 5) is 13.5. The molecule has 1 fully saturated rings. The highest BCUT2D eigenvalue weighted by molar-refractivity contribution is 6.35. The number of amides is 1. The Kier molecular flexibility index (Phi) is 3.63. The van der Waals surface area contributed by atoms with Gasteiger partial charge in [-0.05, 0) is 18.2 Å². The molecule has 0 saturated carbocycles. The zero-order valence-corrected chi connectivity index (χ0v) is 10.6. The smallest absolute Gasteiger partial charge is 0.245 e. The first kappa shape index (κ1) is 12.0. The number of alkyl halides is 2. The van der Waals surface area contributed by atoms with Crippen LogP contribution in [0.4, 0.5) is 5.69 Å². The molecule has 1 aliphatic rings. The van der Waals surface area contributed by atoms with Crippen molar-refractivity contribution in [1.29, 1.82) is 0 Å².